The highest BCUT2D eigenvalue weighted by atomic mass is 16.3. The van der Waals surface area contributed by atoms with Crippen LogP contribution in [0, 0.1) is 6.92 Å². The first-order valence-corrected chi connectivity index (χ1v) is 5.47. The minimum absolute atomic E-state index is 0.311. The van der Waals surface area contributed by atoms with Crippen LogP contribution in [0.5, 0.6) is 0 Å². The standard InChI is InChI=1S/C14H20O/c1-11(2)10-14(15)9-8-13-7-5-4-6-12(13)3/h4-7,10,14-15H,8-9H2,1-3H3. The Labute approximate surface area is 92.5 Å². The highest BCUT2D eigenvalue weighted by molar-refractivity contribution is 5.25. The van der Waals surface area contributed by atoms with Gasteiger partial charge in [-0.25, -0.2) is 0 Å². The van der Waals surface area contributed by atoms with Crippen molar-refractivity contribution in [2.75, 3.05) is 0 Å². The summed E-state index contributed by atoms with van der Waals surface area (Å²) in [4.78, 5) is 0. The first-order valence-electron chi connectivity index (χ1n) is 5.47. The summed E-state index contributed by atoms with van der Waals surface area (Å²) in [7, 11) is 0. The summed E-state index contributed by atoms with van der Waals surface area (Å²) in [5, 5.41) is 9.70. The van der Waals surface area contributed by atoms with Gasteiger partial charge in [0.05, 0.1) is 6.10 Å². The third kappa shape index (κ3) is 4.30. The predicted molar refractivity (Wildman–Crippen MR) is 64.9 cm³/mol. The van der Waals surface area contributed by atoms with E-state index in [1.807, 2.05) is 26.0 Å². The Morgan fingerprint density at radius 1 is 1.33 bits per heavy atom. The molecule has 0 heterocycles. The Balaban J connectivity index is 2.51. The van der Waals surface area contributed by atoms with Crippen molar-refractivity contribution in [2.45, 2.75) is 39.7 Å². The summed E-state index contributed by atoms with van der Waals surface area (Å²) in [6.45, 7) is 6.14. The third-order valence-electron chi connectivity index (χ3n) is 2.50. The lowest BCUT2D eigenvalue weighted by atomic mass is 10.0. The molecule has 0 aliphatic rings. The van der Waals surface area contributed by atoms with Crippen molar-refractivity contribution in [3.8, 4) is 0 Å². The van der Waals surface area contributed by atoms with Gasteiger partial charge in [0, 0.05) is 0 Å². The molecule has 82 valence electrons. The van der Waals surface area contributed by atoms with Crippen LogP contribution in [-0.4, -0.2) is 11.2 Å². The fraction of sp³-hybridized carbons (Fsp3) is 0.429. The first kappa shape index (κ1) is 12.0. The number of aliphatic hydroxyl groups excluding tert-OH is 1. The van der Waals surface area contributed by atoms with E-state index in [1.54, 1.807) is 0 Å². The second-order valence-corrected chi connectivity index (χ2v) is 4.28. The van der Waals surface area contributed by atoms with Crippen LogP contribution in [-0.2, 0) is 6.42 Å². The van der Waals surface area contributed by atoms with Crippen LogP contribution in [0.4, 0.5) is 0 Å². The quantitative estimate of drug-likeness (QED) is 0.746. The molecule has 0 aromatic heterocycles. The van der Waals surface area contributed by atoms with Gasteiger partial charge in [-0.2, -0.15) is 0 Å². The molecule has 0 saturated carbocycles. The molecule has 1 aromatic carbocycles. The molecule has 1 N–H and O–H groups in total. The van der Waals surface area contributed by atoms with Crippen LogP contribution in [0.2, 0.25) is 0 Å². The monoisotopic (exact) mass is 204 g/mol. The van der Waals surface area contributed by atoms with E-state index in [0.29, 0.717) is 0 Å². The van der Waals surface area contributed by atoms with Crippen molar-refractivity contribution in [1.29, 1.82) is 0 Å². The molecule has 0 aliphatic carbocycles. The number of rotatable bonds is 4. The van der Waals surface area contributed by atoms with Crippen molar-refractivity contribution < 1.29 is 5.11 Å². The zero-order valence-electron chi connectivity index (χ0n) is 9.83. The summed E-state index contributed by atoms with van der Waals surface area (Å²) >= 11 is 0. The van der Waals surface area contributed by atoms with Gasteiger partial charge >= 0.3 is 0 Å². The second kappa shape index (κ2) is 5.72. The minimum Gasteiger partial charge on any atom is -0.389 e. The Bertz CT molecular complexity index is 335. The largest absolute Gasteiger partial charge is 0.389 e. The minimum atomic E-state index is -0.311. The molecule has 15 heavy (non-hydrogen) atoms. The maximum atomic E-state index is 9.70. The maximum Gasteiger partial charge on any atom is 0.0726 e. The van der Waals surface area contributed by atoms with Crippen LogP contribution >= 0.6 is 0 Å². The van der Waals surface area contributed by atoms with Gasteiger partial charge in [-0.05, 0) is 44.7 Å². The zero-order chi connectivity index (χ0) is 11.3. The van der Waals surface area contributed by atoms with E-state index in [1.165, 1.54) is 16.7 Å². The molecular weight excluding hydrogens is 184 g/mol. The fourth-order valence-electron chi connectivity index (χ4n) is 1.66. The molecular formula is C14H20O. The second-order valence-electron chi connectivity index (χ2n) is 4.28. The molecule has 0 amide bonds. The van der Waals surface area contributed by atoms with Gasteiger partial charge < -0.3 is 5.11 Å². The molecule has 1 rings (SSSR count). The molecule has 1 nitrogen and oxygen atoms in total. The van der Waals surface area contributed by atoms with Crippen molar-refractivity contribution in [1.82, 2.24) is 0 Å². The highest BCUT2D eigenvalue weighted by Crippen LogP contribution is 2.11. The lowest BCUT2D eigenvalue weighted by Gasteiger charge is -2.08. The topological polar surface area (TPSA) is 20.2 Å². The maximum absolute atomic E-state index is 9.70. The van der Waals surface area contributed by atoms with Gasteiger partial charge in [0.25, 0.3) is 0 Å². The number of allylic oxidation sites excluding steroid dienone is 1. The number of aliphatic hydroxyl groups is 1. The molecule has 0 spiro atoms. The number of benzene rings is 1. The zero-order valence-corrected chi connectivity index (χ0v) is 9.83. The normalized spacial score (nSPS) is 12.3. The lowest BCUT2D eigenvalue weighted by Crippen LogP contribution is -2.05. The van der Waals surface area contributed by atoms with Gasteiger partial charge in [-0.3, -0.25) is 0 Å². The van der Waals surface area contributed by atoms with E-state index in [-0.39, 0.29) is 6.10 Å². The van der Waals surface area contributed by atoms with Crippen LogP contribution in [0.25, 0.3) is 0 Å². The van der Waals surface area contributed by atoms with Crippen LogP contribution < -0.4 is 0 Å². The third-order valence-corrected chi connectivity index (χ3v) is 2.50. The lowest BCUT2D eigenvalue weighted by molar-refractivity contribution is 0.212. The Kier molecular flexibility index (Phi) is 4.57. The smallest absolute Gasteiger partial charge is 0.0726 e. The molecule has 0 radical (unpaired) electrons. The SMILES string of the molecule is CC(C)=CC(O)CCc1ccccc1C. The molecule has 0 aliphatic heterocycles. The average Bonchev–Trinajstić information content (AvgIpc) is 2.15. The molecule has 1 aromatic rings. The van der Waals surface area contributed by atoms with Crippen molar-refractivity contribution in [3.63, 3.8) is 0 Å². The van der Waals surface area contributed by atoms with Gasteiger partial charge in [0.15, 0.2) is 0 Å². The van der Waals surface area contributed by atoms with Crippen LogP contribution in [0.1, 0.15) is 31.4 Å². The predicted octanol–water partition coefficient (Wildman–Crippen LogP) is 3.25. The highest BCUT2D eigenvalue weighted by Gasteiger charge is 2.02. The van der Waals surface area contributed by atoms with Crippen molar-refractivity contribution in [3.05, 3.63) is 47.0 Å². The van der Waals surface area contributed by atoms with E-state index in [0.717, 1.165) is 12.8 Å². The average molecular weight is 204 g/mol. The van der Waals surface area contributed by atoms with Gasteiger partial charge in [-0.1, -0.05) is 35.9 Å². The van der Waals surface area contributed by atoms with E-state index < -0.39 is 0 Å². The molecule has 1 atom stereocenters. The van der Waals surface area contributed by atoms with Crippen molar-refractivity contribution >= 4 is 0 Å². The fourth-order valence-corrected chi connectivity index (χ4v) is 1.66. The molecule has 0 saturated heterocycles. The Morgan fingerprint density at radius 2 is 2.00 bits per heavy atom. The van der Waals surface area contributed by atoms with E-state index in [2.05, 4.69) is 25.1 Å². The molecule has 0 bridgehead atoms. The summed E-state index contributed by atoms with van der Waals surface area (Å²) < 4.78 is 0. The molecule has 0 fully saturated rings. The summed E-state index contributed by atoms with van der Waals surface area (Å²) in [6.07, 6.45) is 3.35. The summed E-state index contributed by atoms with van der Waals surface area (Å²) in [5.41, 5.74) is 3.81. The molecule has 1 unspecified atom stereocenters. The van der Waals surface area contributed by atoms with Crippen LogP contribution in [0.15, 0.2) is 35.9 Å². The molecule has 1 heteroatoms. The first-order chi connectivity index (χ1) is 7.09. The van der Waals surface area contributed by atoms with Gasteiger partial charge in [0.1, 0.15) is 0 Å². The Morgan fingerprint density at radius 3 is 2.60 bits per heavy atom. The van der Waals surface area contributed by atoms with E-state index in [4.69, 9.17) is 0 Å². The number of hydrogen-bond donors (Lipinski definition) is 1. The van der Waals surface area contributed by atoms with Gasteiger partial charge in [0.2, 0.25) is 0 Å². The number of hydrogen-bond acceptors (Lipinski definition) is 1. The van der Waals surface area contributed by atoms with Crippen LogP contribution in [0.3, 0.4) is 0 Å². The summed E-state index contributed by atoms with van der Waals surface area (Å²) in [5.74, 6) is 0. The van der Waals surface area contributed by atoms with Gasteiger partial charge in [-0.15, -0.1) is 0 Å². The Hall–Kier alpha value is -1.08. The van der Waals surface area contributed by atoms with E-state index in [9.17, 15) is 5.11 Å². The van der Waals surface area contributed by atoms with Crippen molar-refractivity contribution in [2.24, 2.45) is 0 Å². The van der Waals surface area contributed by atoms with E-state index >= 15 is 0 Å². The summed E-state index contributed by atoms with van der Waals surface area (Å²) in [6, 6.07) is 8.34. The number of aryl methyl sites for hydroxylation is 2.